The summed E-state index contributed by atoms with van der Waals surface area (Å²) in [6.07, 6.45) is 8.60. The number of amides is 1. The highest BCUT2D eigenvalue weighted by atomic mass is 16.2. The molecule has 1 aromatic carbocycles. The van der Waals surface area contributed by atoms with E-state index >= 15 is 0 Å². The van der Waals surface area contributed by atoms with Crippen molar-refractivity contribution in [2.45, 2.75) is 45.1 Å². The van der Waals surface area contributed by atoms with Crippen LogP contribution in [0.2, 0.25) is 0 Å². The maximum Gasteiger partial charge on any atom is 0.254 e. The highest BCUT2D eigenvalue weighted by Gasteiger charge is 2.30. The van der Waals surface area contributed by atoms with E-state index in [2.05, 4.69) is 15.7 Å². The standard InChI is InChI=1S/C21H25N3O2/c1-15(25)18-6-2-3-7-19(18)21(26)24-11-4-5-17(14-24)20-22-10-12-23(20)13-16-8-9-16/h2-3,6-7,10,12,16-17H,4-5,8-9,11,13-14H2,1H3/t17-/m1/s1. The van der Waals surface area contributed by atoms with E-state index in [1.54, 1.807) is 18.2 Å². The van der Waals surface area contributed by atoms with Gasteiger partial charge in [0, 0.05) is 43.5 Å². The number of carbonyl (C=O) groups is 2. The lowest BCUT2D eigenvalue weighted by Gasteiger charge is -2.33. The Balaban J connectivity index is 1.53. The minimum atomic E-state index is -0.0671. The molecule has 26 heavy (non-hydrogen) atoms. The van der Waals surface area contributed by atoms with Gasteiger partial charge in [0.2, 0.25) is 0 Å². The predicted octanol–water partition coefficient (Wildman–Crippen LogP) is 3.52. The van der Waals surface area contributed by atoms with Gasteiger partial charge in [-0.2, -0.15) is 0 Å². The predicted molar refractivity (Wildman–Crippen MR) is 99.3 cm³/mol. The summed E-state index contributed by atoms with van der Waals surface area (Å²) < 4.78 is 2.28. The number of rotatable bonds is 5. The summed E-state index contributed by atoms with van der Waals surface area (Å²) >= 11 is 0. The van der Waals surface area contributed by atoms with Crippen LogP contribution in [0.3, 0.4) is 0 Å². The van der Waals surface area contributed by atoms with Gasteiger partial charge in [0.1, 0.15) is 5.82 Å². The van der Waals surface area contributed by atoms with Gasteiger partial charge < -0.3 is 9.47 Å². The second-order valence-corrected chi connectivity index (χ2v) is 7.57. The van der Waals surface area contributed by atoms with Crippen molar-refractivity contribution in [1.82, 2.24) is 14.5 Å². The molecule has 2 heterocycles. The van der Waals surface area contributed by atoms with Crippen LogP contribution < -0.4 is 0 Å². The number of Topliss-reactive ketones (excluding diaryl/α,β-unsaturated/α-hetero) is 1. The Hall–Kier alpha value is -2.43. The molecule has 1 aliphatic heterocycles. The van der Waals surface area contributed by atoms with Crippen molar-refractivity contribution >= 4 is 11.7 Å². The maximum atomic E-state index is 13.1. The number of aromatic nitrogens is 2. The maximum absolute atomic E-state index is 13.1. The first-order valence-electron chi connectivity index (χ1n) is 9.53. The van der Waals surface area contributed by atoms with Crippen molar-refractivity contribution in [3.63, 3.8) is 0 Å². The molecule has 1 aliphatic carbocycles. The molecule has 1 aromatic heterocycles. The van der Waals surface area contributed by atoms with Crippen LogP contribution >= 0.6 is 0 Å². The summed E-state index contributed by atoms with van der Waals surface area (Å²) in [5, 5.41) is 0. The number of nitrogens with zero attached hydrogens (tertiary/aromatic N) is 3. The Bertz CT molecular complexity index is 822. The van der Waals surface area contributed by atoms with Crippen molar-refractivity contribution in [2.75, 3.05) is 13.1 Å². The molecule has 4 rings (SSSR count). The largest absolute Gasteiger partial charge is 0.338 e. The third-order valence-corrected chi connectivity index (χ3v) is 5.51. The molecule has 2 fully saturated rings. The minimum absolute atomic E-state index is 0.0409. The normalized spacial score (nSPS) is 20.2. The van der Waals surface area contributed by atoms with E-state index in [9.17, 15) is 9.59 Å². The molecule has 2 aromatic rings. The Kier molecular flexibility index (Phi) is 4.62. The van der Waals surface area contributed by atoms with Gasteiger partial charge in [-0.3, -0.25) is 9.59 Å². The van der Waals surface area contributed by atoms with E-state index in [-0.39, 0.29) is 17.6 Å². The number of benzene rings is 1. The second kappa shape index (κ2) is 7.06. The van der Waals surface area contributed by atoms with Crippen molar-refractivity contribution in [1.29, 1.82) is 0 Å². The van der Waals surface area contributed by atoms with Gasteiger partial charge in [0.25, 0.3) is 5.91 Å². The topological polar surface area (TPSA) is 55.2 Å². The summed E-state index contributed by atoms with van der Waals surface area (Å²) in [6.45, 7) is 3.98. The van der Waals surface area contributed by atoms with E-state index in [0.29, 0.717) is 17.7 Å². The van der Waals surface area contributed by atoms with E-state index in [1.807, 2.05) is 17.2 Å². The molecule has 0 spiro atoms. The van der Waals surface area contributed by atoms with E-state index < -0.39 is 0 Å². The van der Waals surface area contributed by atoms with E-state index in [4.69, 9.17) is 0 Å². The van der Waals surface area contributed by atoms with Crippen molar-refractivity contribution in [3.05, 3.63) is 53.6 Å². The van der Waals surface area contributed by atoms with Crippen molar-refractivity contribution < 1.29 is 9.59 Å². The quantitative estimate of drug-likeness (QED) is 0.775. The fraction of sp³-hybridized carbons (Fsp3) is 0.476. The van der Waals surface area contributed by atoms with Crippen LogP contribution in [-0.4, -0.2) is 39.2 Å². The van der Waals surface area contributed by atoms with Gasteiger partial charge in [0.05, 0.1) is 5.56 Å². The molecular weight excluding hydrogens is 326 g/mol. The molecule has 0 radical (unpaired) electrons. The lowest BCUT2D eigenvalue weighted by atomic mass is 9.95. The fourth-order valence-corrected chi connectivity index (χ4v) is 3.93. The van der Waals surface area contributed by atoms with Crippen LogP contribution in [0, 0.1) is 5.92 Å². The number of hydrogen-bond acceptors (Lipinski definition) is 3. The Labute approximate surface area is 154 Å². The third kappa shape index (κ3) is 3.43. The average molecular weight is 351 g/mol. The van der Waals surface area contributed by atoms with E-state index in [1.165, 1.54) is 19.8 Å². The van der Waals surface area contributed by atoms with Gasteiger partial charge in [-0.1, -0.05) is 18.2 Å². The summed E-state index contributed by atoms with van der Waals surface area (Å²) in [5.74, 6) is 2.06. The first kappa shape index (κ1) is 17.0. The number of carbonyl (C=O) groups excluding carboxylic acids is 2. The number of ketones is 1. The summed E-state index contributed by atoms with van der Waals surface area (Å²) in [7, 11) is 0. The number of piperidine rings is 1. The highest BCUT2D eigenvalue weighted by Crippen LogP contribution is 2.33. The highest BCUT2D eigenvalue weighted by molar-refractivity contribution is 6.07. The Morgan fingerprint density at radius 1 is 1.15 bits per heavy atom. The van der Waals surface area contributed by atoms with Gasteiger partial charge in [-0.25, -0.2) is 4.98 Å². The van der Waals surface area contributed by atoms with Crippen molar-refractivity contribution in [3.8, 4) is 0 Å². The number of imidazole rings is 1. The van der Waals surface area contributed by atoms with Crippen LogP contribution in [0.15, 0.2) is 36.7 Å². The lowest BCUT2D eigenvalue weighted by molar-refractivity contribution is 0.0699. The lowest BCUT2D eigenvalue weighted by Crippen LogP contribution is -2.40. The SMILES string of the molecule is CC(=O)c1ccccc1C(=O)N1CCC[C@@H](c2nccn2CC2CC2)C1. The van der Waals surface area contributed by atoms with Gasteiger partial charge in [-0.05, 0) is 44.6 Å². The zero-order valence-corrected chi connectivity index (χ0v) is 15.2. The summed E-state index contributed by atoms with van der Waals surface area (Å²) in [6, 6.07) is 7.13. The minimum Gasteiger partial charge on any atom is -0.338 e. The smallest absolute Gasteiger partial charge is 0.254 e. The molecule has 1 saturated heterocycles. The van der Waals surface area contributed by atoms with Crippen LogP contribution in [0.5, 0.6) is 0 Å². The fourth-order valence-electron chi connectivity index (χ4n) is 3.93. The zero-order chi connectivity index (χ0) is 18.1. The Morgan fingerprint density at radius 3 is 2.65 bits per heavy atom. The zero-order valence-electron chi connectivity index (χ0n) is 15.2. The monoisotopic (exact) mass is 351 g/mol. The molecule has 0 bridgehead atoms. The molecule has 1 amide bonds. The molecule has 1 atom stereocenters. The first-order valence-corrected chi connectivity index (χ1v) is 9.53. The van der Waals surface area contributed by atoms with Crippen LogP contribution in [-0.2, 0) is 6.54 Å². The summed E-state index contributed by atoms with van der Waals surface area (Å²) in [4.78, 5) is 31.4. The molecule has 136 valence electrons. The molecule has 5 heteroatoms. The van der Waals surface area contributed by atoms with Gasteiger partial charge in [-0.15, -0.1) is 0 Å². The van der Waals surface area contributed by atoms with Gasteiger partial charge in [0.15, 0.2) is 5.78 Å². The number of hydrogen-bond donors (Lipinski definition) is 0. The van der Waals surface area contributed by atoms with E-state index in [0.717, 1.165) is 37.7 Å². The molecular formula is C21H25N3O2. The first-order chi connectivity index (χ1) is 12.6. The molecule has 0 unspecified atom stereocenters. The molecule has 0 N–H and O–H groups in total. The summed E-state index contributed by atoms with van der Waals surface area (Å²) in [5.41, 5.74) is 1.02. The second-order valence-electron chi connectivity index (χ2n) is 7.57. The van der Waals surface area contributed by atoms with Crippen LogP contribution in [0.25, 0.3) is 0 Å². The average Bonchev–Trinajstić information content (AvgIpc) is 3.36. The molecule has 5 nitrogen and oxygen atoms in total. The van der Waals surface area contributed by atoms with Crippen LogP contribution in [0.4, 0.5) is 0 Å². The van der Waals surface area contributed by atoms with Crippen molar-refractivity contribution in [2.24, 2.45) is 5.92 Å². The molecule has 1 saturated carbocycles. The molecule has 2 aliphatic rings. The van der Waals surface area contributed by atoms with Gasteiger partial charge >= 0.3 is 0 Å². The number of likely N-dealkylation sites (tertiary alicyclic amines) is 1. The third-order valence-electron chi connectivity index (χ3n) is 5.51. The Morgan fingerprint density at radius 2 is 1.92 bits per heavy atom. The van der Waals surface area contributed by atoms with Crippen LogP contribution in [0.1, 0.15) is 65.1 Å².